The normalized spacial score (nSPS) is 16.2. The maximum absolute atomic E-state index is 13.3. The Morgan fingerprint density at radius 1 is 1.07 bits per heavy atom. The van der Waals surface area contributed by atoms with Crippen LogP contribution >= 0.6 is 0 Å². The fourth-order valence-electron chi connectivity index (χ4n) is 3.71. The van der Waals surface area contributed by atoms with E-state index >= 15 is 0 Å². The van der Waals surface area contributed by atoms with Crippen molar-refractivity contribution in [2.45, 2.75) is 37.5 Å². The predicted octanol–water partition coefficient (Wildman–Crippen LogP) is 4.03. The molecule has 4 nitrogen and oxygen atoms in total. The van der Waals surface area contributed by atoms with Gasteiger partial charge in [-0.1, -0.05) is 37.1 Å². The molecule has 6 heteroatoms. The first-order valence-corrected chi connectivity index (χ1v) is 11.2. The summed E-state index contributed by atoms with van der Waals surface area (Å²) >= 11 is 0. The Morgan fingerprint density at radius 2 is 1.67 bits per heavy atom. The third kappa shape index (κ3) is 5.39. The van der Waals surface area contributed by atoms with Gasteiger partial charge < -0.3 is 5.32 Å². The summed E-state index contributed by atoms with van der Waals surface area (Å²) in [6.45, 7) is 0. The number of carbonyl (C=O) groups is 1. The van der Waals surface area contributed by atoms with Crippen molar-refractivity contribution >= 4 is 15.7 Å². The third-order valence-electron chi connectivity index (χ3n) is 5.03. The van der Waals surface area contributed by atoms with Gasteiger partial charge in [-0.25, -0.2) is 12.8 Å². The maximum Gasteiger partial charge on any atom is 0.251 e. The number of carbonyl (C=O) groups excluding carboxylic acids is 1. The van der Waals surface area contributed by atoms with Crippen LogP contribution in [0.2, 0.25) is 0 Å². The lowest BCUT2D eigenvalue weighted by atomic mass is 9.91. The van der Waals surface area contributed by atoms with E-state index in [-0.39, 0.29) is 23.5 Å². The topological polar surface area (TPSA) is 63.2 Å². The molecule has 0 aliphatic heterocycles. The number of amides is 1. The highest BCUT2D eigenvalue weighted by Gasteiger charge is 2.28. The molecule has 0 saturated heterocycles. The lowest BCUT2D eigenvalue weighted by molar-refractivity contribution is 0.0921. The van der Waals surface area contributed by atoms with Crippen molar-refractivity contribution in [2.75, 3.05) is 6.26 Å². The smallest absolute Gasteiger partial charge is 0.251 e. The van der Waals surface area contributed by atoms with Gasteiger partial charge in [0.25, 0.3) is 5.91 Å². The molecule has 2 aromatic rings. The standard InChI is InChI=1S/C21H24FNO3S/c1-27(25,26)14-15-6-8-18(9-7-15)21(24)23-20(16-4-2-3-5-16)17-10-12-19(22)13-11-17/h6-13,16,20H,2-5,14H2,1H3,(H,23,24)/t20-/m0/s1. The second-order valence-electron chi connectivity index (χ2n) is 7.31. The van der Waals surface area contributed by atoms with Crippen LogP contribution in [0.1, 0.15) is 53.2 Å². The number of hydrogen-bond donors (Lipinski definition) is 1. The van der Waals surface area contributed by atoms with E-state index in [0.29, 0.717) is 17.0 Å². The van der Waals surface area contributed by atoms with Gasteiger partial charge in [0.15, 0.2) is 9.84 Å². The van der Waals surface area contributed by atoms with Gasteiger partial charge in [0.1, 0.15) is 5.82 Å². The first kappa shape index (κ1) is 19.5. The Morgan fingerprint density at radius 3 is 2.22 bits per heavy atom. The van der Waals surface area contributed by atoms with E-state index in [9.17, 15) is 17.6 Å². The Labute approximate surface area is 159 Å². The zero-order chi connectivity index (χ0) is 19.4. The molecule has 27 heavy (non-hydrogen) atoms. The molecule has 0 radical (unpaired) electrons. The van der Waals surface area contributed by atoms with Crippen LogP contribution in [0, 0.1) is 11.7 Å². The van der Waals surface area contributed by atoms with Gasteiger partial charge in [-0.15, -0.1) is 0 Å². The summed E-state index contributed by atoms with van der Waals surface area (Å²) < 4.78 is 36.1. The van der Waals surface area contributed by atoms with Crippen molar-refractivity contribution in [3.05, 3.63) is 71.0 Å². The number of rotatable bonds is 6. The van der Waals surface area contributed by atoms with Gasteiger partial charge in [0.05, 0.1) is 11.8 Å². The SMILES string of the molecule is CS(=O)(=O)Cc1ccc(C(=O)N[C@H](c2ccc(F)cc2)C2CCCC2)cc1. The highest BCUT2D eigenvalue weighted by molar-refractivity contribution is 7.89. The van der Waals surface area contributed by atoms with Crippen LogP contribution in [0.4, 0.5) is 4.39 Å². The number of benzene rings is 2. The lowest BCUT2D eigenvalue weighted by Gasteiger charge is -2.25. The monoisotopic (exact) mass is 389 g/mol. The molecule has 0 bridgehead atoms. The Bertz CT molecular complexity index is 886. The van der Waals surface area contributed by atoms with Crippen LogP contribution in [0.25, 0.3) is 0 Å². The molecule has 1 fully saturated rings. The molecule has 3 rings (SSSR count). The van der Waals surface area contributed by atoms with E-state index < -0.39 is 9.84 Å². The van der Waals surface area contributed by atoms with Gasteiger partial charge in [-0.2, -0.15) is 0 Å². The molecule has 144 valence electrons. The molecule has 1 atom stereocenters. The van der Waals surface area contributed by atoms with E-state index in [1.54, 1.807) is 36.4 Å². The summed E-state index contributed by atoms with van der Waals surface area (Å²) in [6.07, 6.45) is 5.53. The number of hydrogen-bond acceptors (Lipinski definition) is 3. The quantitative estimate of drug-likeness (QED) is 0.811. The van der Waals surface area contributed by atoms with Gasteiger partial charge in [0, 0.05) is 11.8 Å². The molecular formula is C21H24FNO3S. The van der Waals surface area contributed by atoms with Crippen LogP contribution < -0.4 is 5.32 Å². The van der Waals surface area contributed by atoms with E-state index in [4.69, 9.17) is 0 Å². The fraction of sp³-hybridized carbons (Fsp3) is 0.381. The van der Waals surface area contributed by atoms with Crippen molar-refractivity contribution < 1.29 is 17.6 Å². The van der Waals surface area contributed by atoms with Crippen molar-refractivity contribution in [3.63, 3.8) is 0 Å². The van der Waals surface area contributed by atoms with Crippen molar-refractivity contribution in [3.8, 4) is 0 Å². The maximum atomic E-state index is 13.3. The van der Waals surface area contributed by atoms with E-state index in [1.165, 1.54) is 18.4 Å². The van der Waals surface area contributed by atoms with E-state index in [1.807, 2.05) is 0 Å². The molecule has 1 N–H and O–H groups in total. The summed E-state index contributed by atoms with van der Waals surface area (Å²) in [4.78, 5) is 12.7. The molecule has 0 unspecified atom stereocenters. The minimum atomic E-state index is -3.11. The van der Waals surface area contributed by atoms with Gasteiger partial charge in [0.2, 0.25) is 0 Å². The Balaban J connectivity index is 1.76. The lowest BCUT2D eigenvalue weighted by Crippen LogP contribution is -2.32. The molecular weight excluding hydrogens is 365 g/mol. The minimum absolute atomic E-state index is 0.0465. The molecule has 1 aliphatic rings. The fourth-order valence-corrected chi connectivity index (χ4v) is 4.51. The second-order valence-corrected chi connectivity index (χ2v) is 9.45. The summed E-state index contributed by atoms with van der Waals surface area (Å²) in [6, 6.07) is 12.8. The summed E-state index contributed by atoms with van der Waals surface area (Å²) in [5, 5.41) is 3.10. The second kappa shape index (κ2) is 8.21. The first-order valence-electron chi connectivity index (χ1n) is 9.15. The van der Waals surface area contributed by atoms with Crippen LogP contribution in [0.15, 0.2) is 48.5 Å². The van der Waals surface area contributed by atoms with Crippen molar-refractivity contribution in [1.29, 1.82) is 0 Å². The van der Waals surface area contributed by atoms with Gasteiger partial charge in [-0.05, 0) is 54.2 Å². The molecule has 1 saturated carbocycles. The minimum Gasteiger partial charge on any atom is -0.345 e. The first-order chi connectivity index (χ1) is 12.8. The summed E-state index contributed by atoms with van der Waals surface area (Å²) in [5.41, 5.74) is 2.04. The number of sulfone groups is 1. The van der Waals surface area contributed by atoms with Crippen LogP contribution in [-0.4, -0.2) is 20.6 Å². The van der Waals surface area contributed by atoms with Crippen LogP contribution in [0.3, 0.4) is 0 Å². The van der Waals surface area contributed by atoms with Crippen molar-refractivity contribution in [1.82, 2.24) is 5.32 Å². The predicted molar refractivity (Wildman–Crippen MR) is 104 cm³/mol. The van der Waals surface area contributed by atoms with E-state index in [2.05, 4.69) is 5.32 Å². The summed E-state index contributed by atoms with van der Waals surface area (Å²) in [5.74, 6) is -0.211. The Kier molecular flexibility index (Phi) is 5.95. The van der Waals surface area contributed by atoms with E-state index in [0.717, 1.165) is 31.2 Å². The van der Waals surface area contributed by atoms with Crippen LogP contribution in [0.5, 0.6) is 0 Å². The zero-order valence-electron chi connectivity index (χ0n) is 15.3. The molecule has 1 aliphatic carbocycles. The molecule has 1 amide bonds. The number of halogens is 1. The van der Waals surface area contributed by atoms with Gasteiger partial charge in [-0.3, -0.25) is 4.79 Å². The highest BCUT2D eigenvalue weighted by atomic mass is 32.2. The third-order valence-corrected chi connectivity index (χ3v) is 5.89. The molecule has 0 heterocycles. The summed E-state index contributed by atoms with van der Waals surface area (Å²) in [7, 11) is -3.11. The number of nitrogens with one attached hydrogen (secondary N) is 1. The molecule has 2 aromatic carbocycles. The average Bonchev–Trinajstić information content (AvgIpc) is 3.14. The molecule has 0 spiro atoms. The Hall–Kier alpha value is -2.21. The highest BCUT2D eigenvalue weighted by Crippen LogP contribution is 2.36. The van der Waals surface area contributed by atoms with Crippen LogP contribution in [-0.2, 0) is 15.6 Å². The molecule has 0 aromatic heterocycles. The average molecular weight is 389 g/mol. The van der Waals surface area contributed by atoms with Crippen molar-refractivity contribution in [2.24, 2.45) is 5.92 Å². The largest absolute Gasteiger partial charge is 0.345 e. The van der Waals surface area contributed by atoms with Gasteiger partial charge >= 0.3 is 0 Å². The zero-order valence-corrected chi connectivity index (χ0v) is 16.1.